The van der Waals surface area contributed by atoms with E-state index in [4.69, 9.17) is 22.1 Å². The Balaban J connectivity index is 2.47. The Kier molecular flexibility index (Phi) is 6.58. The van der Waals surface area contributed by atoms with Gasteiger partial charge in [0.05, 0.1) is 6.61 Å². The monoisotopic (exact) mass is 311 g/mol. The number of hydrogen-bond donors (Lipinski definition) is 1. The zero-order valence-corrected chi connectivity index (χ0v) is 11.8. The first-order valence-electron chi connectivity index (χ1n) is 6.09. The molecule has 0 fully saturated rings. The van der Waals surface area contributed by atoms with Crippen molar-refractivity contribution in [3.63, 3.8) is 0 Å². The second kappa shape index (κ2) is 7.71. The van der Waals surface area contributed by atoms with E-state index in [1.165, 1.54) is 0 Å². The van der Waals surface area contributed by atoms with Crippen LogP contribution in [0.3, 0.4) is 0 Å². The summed E-state index contributed by atoms with van der Waals surface area (Å²) in [6, 6.07) is 4.98. The zero-order valence-electron chi connectivity index (χ0n) is 11.0. The van der Waals surface area contributed by atoms with Gasteiger partial charge in [-0.05, 0) is 37.1 Å². The molecule has 3 nitrogen and oxygen atoms in total. The average Bonchev–Trinajstić information content (AvgIpc) is 2.29. The van der Waals surface area contributed by atoms with Crippen LogP contribution in [-0.2, 0) is 11.2 Å². The summed E-state index contributed by atoms with van der Waals surface area (Å²) in [6.45, 7) is 0.463. The summed E-state index contributed by atoms with van der Waals surface area (Å²) in [5.41, 5.74) is 6.54. The summed E-state index contributed by atoms with van der Waals surface area (Å²) in [6.07, 6.45) is -3.75. The molecular weight excluding hydrogens is 295 g/mol. The van der Waals surface area contributed by atoms with E-state index < -0.39 is 12.8 Å². The van der Waals surface area contributed by atoms with Crippen LogP contribution in [0.15, 0.2) is 18.2 Å². The molecule has 0 amide bonds. The van der Waals surface area contributed by atoms with E-state index in [1.54, 1.807) is 18.2 Å². The minimum absolute atomic E-state index is 0.0314. The predicted molar refractivity (Wildman–Crippen MR) is 71.2 cm³/mol. The van der Waals surface area contributed by atoms with Crippen molar-refractivity contribution in [3.05, 3.63) is 28.8 Å². The lowest BCUT2D eigenvalue weighted by atomic mass is 10.1. The summed E-state index contributed by atoms with van der Waals surface area (Å²) >= 11 is 5.89. The molecule has 1 unspecified atom stereocenters. The molecule has 114 valence electrons. The van der Waals surface area contributed by atoms with Gasteiger partial charge in [-0.1, -0.05) is 11.6 Å². The van der Waals surface area contributed by atoms with Crippen LogP contribution in [0.2, 0.25) is 5.02 Å². The Morgan fingerprint density at radius 1 is 1.30 bits per heavy atom. The molecule has 0 bridgehead atoms. The van der Waals surface area contributed by atoms with Crippen LogP contribution >= 0.6 is 11.6 Å². The number of nitrogens with two attached hydrogens (primary N) is 1. The van der Waals surface area contributed by atoms with Gasteiger partial charge in [-0.2, -0.15) is 13.2 Å². The van der Waals surface area contributed by atoms with Crippen molar-refractivity contribution in [2.45, 2.75) is 25.6 Å². The second-order valence-electron chi connectivity index (χ2n) is 4.45. The summed E-state index contributed by atoms with van der Waals surface area (Å²) in [4.78, 5) is 0. The quantitative estimate of drug-likeness (QED) is 0.787. The third-order valence-electron chi connectivity index (χ3n) is 2.32. The maximum atomic E-state index is 11.9. The van der Waals surface area contributed by atoms with Crippen molar-refractivity contribution >= 4 is 11.6 Å². The van der Waals surface area contributed by atoms with Crippen molar-refractivity contribution < 1.29 is 22.6 Å². The number of hydrogen-bond acceptors (Lipinski definition) is 3. The topological polar surface area (TPSA) is 44.5 Å². The van der Waals surface area contributed by atoms with Gasteiger partial charge >= 0.3 is 6.18 Å². The van der Waals surface area contributed by atoms with E-state index in [1.807, 2.05) is 6.92 Å². The first-order chi connectivity index (χ1) is 9.28. The summed E-state index contributed by atoms with van der Waals surface area (Å²) in [5, 5.41) is 0.557. The fourth-order valence-electron chi connectivity index (χ4n) is 1.59. The van der Waals surface area contributed by atoms with Crippen LogP contribution in [0.1, 0.15) is 12.5 Å². The Hall–Kier alpha value is -0.980. The molecule has 2 N–H and O–H groups in total. The SMILES string of the molecule is CC(N)Cc1cc(Cl)ccc1OCCOCC(F)(F)F. The lowest BCUT2D eigenvalue weighted by Gasteiger charge is -2.14. The van der Waals surface area contributed by atoms with Gasteiger partial charge in [0.1, 0.15) is 19.0 Å². The minimum Gasteiger partial charge on any atom is -0.491 e. The fourth-order valence-corrected chi connectivity index (χ4v) is 1.79. The minimum atomic E-state index is -4.32. The average molecular weight is 312 g/mol. The summed E-state index contributed by atoms with van der Waals surface area (Å²) in [5.74, 6) is 0.558. The van der Waals surface area contributed by atoms with Crippen LogP contribution in [-0.4, -0.2) is 32.0 Å². The summed E-state index contributed by atoms with van der Waals surface area (Å²) in [7, 11) is 0. The van der Waals surface area contributed by atoms with Crippen LogP contribution in [0.5, 0.6) is 5.75 Å². The van der Waals surface area contributed by atoms with Crippen molar-refractivity contribution in [2.75, 3.05) is 19.8 Å². The highest BCUT2D eigenvalue weighted by atomic mass is 35.5. The maximum Gasteiger partial charge on any atom is 0.411 e. The summed E-state index contributed by atoms with van der Waals surface area (Å²) < 4.78 is 45.5. The molecule has 0 aromatic heterocycles. The largest absolute Gasteiger partial charge is 0.491 e. The molecule has 20 heavy (non-hydrogen) atoms. The third kappa shape index (κ3) is 6.98. The highest BCUT2D eigenvalue weighted by molar-refractivity contribution is 6.30. The molecule has 1 aromatic carbocycles. The third-order valence-corrected chi connectivity index (χ3v) is 2.55. The van der Waals surface area contributed by atoms with Crippen LogP contribution < -0.4 is 10.5 Å². The number of benzene rings is 1. The molecule has 0 aliphatic rings. The standard InChI is InChI=1S/C13H17ClF3NO2/c1-9(18)6-10-7-11(14)2-3-12(10)20-5-4-19-8-13(15,16)17/h2-3,7,9H,4-6,8,18H2,1H3. The van der Waals surface area contributed by atoms with E-state index in [-0.39, 0.29) is 19.3 Å². The van der Waals surface area contributed by atoms with E-state index in [0.29, 0.717) is 17.2 Å². The van der Waals surface area contributed by atoms with E-state index in [2.05, 4.69) is 4.74 Å². The lowest BCUT2D eigenvalue weighted by Crippen LogP contribution is -2.20. The van der Waals surface area contributed by atoms with Gasteiger partial charge in [0, 0.05) is 11.1 Å². The smallest absolute Gasteiger partial charge is 0.411 e. The van der Waals surface area contributed by atoms with E-state index in [0.717, 1.165) is 5.56 Å². The van der Waals surface area contributed by atoms with Crippen molar-refractivity contribution in [1.29, 1.82) is 0 Å². The van der Waals surface area contributed by atoms with Crippen LogP contribution in [0.4, 0.5) is 13.2 Å². The van der Waals surface area contributed by atoms with E-state index >= 15 is 0 Å². The molecule has 0 saturated heterocycles. The first kappa shape index (κ1) is 17.1. The lowest BCUT2D eigenvalue weighted by molar-refractivity contribution is -0.175. The Labute approximate surface area is 120 Å². The highest BCUT2D eigenvalue weighted by Crippen LogP contribution is 2.24. The molecule has 1 aromatic rings. The van der Waals surface area contributed by atoms with Gasteiger partial charge < -0.3 is 15.2 Å². The van der Waals surface area contributed by atoms with Gasteiger partial charge in [0.25, 0.3) is 0 Å². The normalized spacial score (nSPS) is 13.3. The Bertz CT molecular complexity index is 425. The van der Waals surface area contributed by atoms with Gasteiger partial charge in [0.2, 0.25) is 0 Å². The molecule has 1 rings (SSSR count). The molecule has 0 aliphatic carbocycles. The molecule has 7 heteroatoms. The molecule has 0 radical (unpaired) electrons. The van der Waals surface area contributed by atoms with Crippen molar-refractivity contribution in [2.24, 2.45) is 5.73 Å². The number of ether oxygens (including phenoxy) is 2. The van der Waals surface area contributed by atoms with Crippen LogP contribution in [0.25, 0.3) is 0 Å². The Morgan fingerprint density at radius 3 is 2.60 bits per heavy atom. The van der Waals surface area contributed by atoms with Gasteiger partial charge in [-0.15, -0.1) is 0 Å². The molecule has 1 atom stereocenters. The molecule has 0 aliphatic heterocycles. The Morgan fingerprint density at radius 2 is 2.00 bits per heavy atom. The molecular formula is C13H17ClF3NO2. The predicted octanol–water partition coefficient (Wildman–Crippen LogP) is 3.19. The second-order valence-corrected chi connectivity index (χ2v) is 4.89. The van der Waals surface area contributed by atoms with Crippen molar-refractivity contribution in [3.8, 4) is 5.75 Å². The van der Waals surface area contributed by atoms with E-state index in [9.17, 15) is 13.2 Å². The highest BCUT2D eigenvalue weighted by Gasteiger charge is 2.27. The van der Waals surface area contributed by atoms with Gasteiger partial charge in [-0.25, -0.2) is 0 Å². The number of rotatable bonds is 7. The fraction of sp³-hybridized carbons (Fsp3) is 0.538. The zero-order chi connectivity index (χ0) is 15.2. The maximum absolute atomic E-state index is 11.9. The van der Waals surface area contributed by atoms with Gasteiger partial charge in [-0.3, -0.25) is 0 Å². The number of alkyl halides is 3. The van der Waals surface area contributed by atoms with Crippen LogP contribution in [0, 0.1) is 0 Å². The van der Waals surface area contributed by atoms with Crippen molar-refractivity contribution in [1.82, 2.24) is 0 Å². The molecule has 0 saturated carbocycles. The first-order valence-corrected chi connectivity index (χ1v) is 6.47. The molecule has 0 spiro atoms. The van der Waals surface area contributed by atoms with Gasteiger partial charge in [0.15, 0.2) is 0 Å². The number of halogens is 4. The molecule has 0 heterocycles.